The Morgan fingerprint density at radius 1 is 1.10 bits per heavy atom. The maximum absolute atomic E-state index is 12.5. The Morgan fingerprint density at radius 2 is 1.87 bits per heavy atom. The fraction of sp³-hybridized carbons (Fsp3) is 0.143. The Labute approximate surface area is 186 Å². The third-order valence-electron chi connectivity index (χ3n) is 3.75. The number of hydrogen-bond acceptors (Lipinski definition) is 8. The number of esters is 1. The molecule has 0 atom stereocenters. The molecule has 9 heteroatoms. The van der Waals surface area contributed by atoms with Crippen LogP contribution in [-0.4, -0.2) is 29.2 Å². The van der Waals surface area contributed by atoms with Gasteiger partial charge in [0, 0.05) is 20.9 Å². The molecule has 1 aromatic heterocycles. The number of nitriles is 1. The summed E-state index contributed by atoms with van der Waals surface area (Å²) in [6, 6.07) is 16.4. The molecule has 0 fully saturated rings. The molecule has 0 spiro atoms. The van der Waals surface area contributed by atoms with Gasteiger partial charge in [-0.25, -0.2) is 9.78 Å². The van der Waals surface area contributed by atoms with Crippen LogP contribution in [0.25, 0.3) is 0 Å². The van der Waals surface area contributed by atoms with E-state index in [-0.39, 0.29) is 5.75 Å². The summed E-state index contributed by atoms with van der Waals surface area (Å²) < 4.78 is 5.22. The van der Waals surface area contributed by atoms with Gasteiger partial charge >= 0.3 is 5.97 Å². The van der Waals surface area contributed by atoms with Crippen molar-refractivity contribution in [3.05, 3.63) is 70.7 Å². The van der Waals surface area contributed by atoms with E-state index in [1.165, 1.54) is 34.9 Å². The lowest BCUT2D eigenvalue weighted by Gasteiger charge is -2.11. The van der Waals surface area contributed by atoms with Crippen molar-refractivity contribution >= 4 is 52.4 Å². The monoisotopic (exact) mass is 455 g/mol. The summed E-state index contributed by atoms with van der Waals surface area (Å²) in [4.78, 5) is 30.6. The molecule has 0 bridgehead atoms. The van der Waals surface area contributed by atoms with Gasteiger partial charge in [-0.2, -0.15) is 5.26 Å². The molecular formula is C21H17N3O3S3. The number of para-hydroxylation sites is 1. The number of nitrogens with one attached hydrogen (secondary N) is 1. The maximum atomic E-state index is 12.5. The number of benzene rings is 2. The molecule has 1 heterocycles. The van der Waals surface area contributed by atoms with Crippen molar-refractivity contribution in [2.24, 2.45) is 0 Å². The first-order valence-electron chi connectivity index (χ1n) is 8.82. The third-order valence-corrected chi connectivity index (χ3v) is 6.44. The lowest BCUT2D eigenvalue weighted by Crippen LogP contribution is -2.21. The summed E-state index contributed by atoms with van der Waals surface area (Å²) in [5, 5.41) is 13.4. The zero-order chi connectivity index (χ0) is 21.2. The number of carbonyl (C=O) groups excluding carboxylic acids is 2. The van der Waals surface area contributed by atoms with Crippen LogP contribution in [0.5, 0.6) is 0 Å². The van der Waals surface area contributed by atoms with Gasteiger partial charge in [-0.05, 0) is 24.3 Å². The van der Waals surface area contributed by atoms with Crippen LogP contribution < -0.4 is 5.32 Å². The number of thiazole rings is 1. The summed E-state index contributed by atoms with van der Waals surface area (Å²) in [5.74, 6) is -0.0810. The number of aromatic nitrogens is 1. The summed E-state index contributed by atoms with van der Waals surface area (Å²) in [6.45, 7) is -0.402. The first kappa shape index (κ1) is 21.9. The minimum Gasteiger partial charge on any atom is -0.452 e. The SMILES string of the molecule is N#CCSc1ccccc1NC(=O)COC(=O)c1ccccc1SCc1cscn1. The van der Waals surface area contributed by atoms with E-state index < -0.39 is 18.5 Å². The van der Waals surface area contributed by atoms with Gasteiger partial charge in [0.2, 0.25) is 0 Å². The third kappa shape index (κ3) is 6.35. The molecule has 0 unspecified atom stereocenters. The van der Waals surface area contributed by atoms with Gasteiger partial charge in [0.25, 0.3) is 5.91 Å². The molecule has 30 heavy (non-hydrogen) atoms. The molecule has 1 N–H and O–H groups in total. The predicted octanol–water partition coefficient (Wildman–Crippen LogP) is 4.85. The summed E-state index contributed by atoms with van der Waals surface area (Å²) in [7, 11) is 0. The molecule has 6 nitrogen and oxygen atoms in total. The summed E-state index contributed by atoms with van der Waals surface area (Å²) in [5.41, 5.74) is 3.71. The largest absolute Gasteiger partial charge is 0.452 e. The van der Waals surface area contributed by atoms with Crippen LogP contribution in [0.1, 0.15) is 16.1 Å². The predicted molar refractivity (Wildman–Crippen MR) is 120 cm³/mol. The van der Waals surface area contributed by atoms with E-state index >= 15 is 0 Å². The number of carbonyl (C=O) groups is 2. The van der Waals surface area contributed by atoms with Crippen LogP contribution in [-0.2, 0) is 15.3 Å². The molecule has 0 aliphatic rings. The molecule has 2 aromatic carbocycles. The molecule has 0 saturated heterocycles. The molecule has 0 saturated carbocycles. The molecule has 0 radical (unpaired) electrons. The topological polar surface area (TPSA) is 92.1 Å². The second-order valence-corrected chi connectivity index (χ2v) is 8.58. The number of rotatable bonds is 9. The number of hydrogen-bond donors (Lipinski definition) is 1. The highest BCUT2D eigenvalue weighted by Gasteiger charge is 2.15. The van der Waals surface area contributed by atoms with Gasteiger partial charge in [-0.1, -0.05) is 24.3 Å². The Morgan fingerprint density at radius 3 is 2.63 bits per heavy atom. The van der Waals surface area contributed by atoms with Crippen LogP contribution in [0.3, 0.4) is 0 Å². The number of ether oxygens (including phenoxy) is 1. The Bertz CT molecular complexity index is 1050. The van der Waals surface area contributed by atoms with E-state index in [9.17, 15) is 9.59 Å². The van der Waals surface area contributed by atoms with E-state index in [0.29, 0.717) is 17.0 Å². The highest BCUT2D eigenvalue weighted by atomic mass is 32.2. The van der Waals surface area contributed by atoms with E-state index in [0.717, 1.165) is 15.5 Å². The quantitative estimate of drug-likeness (QED) is 0.364. The van der Waals surface area contributed by atoms with Crippen LogP contribution >= 0.6 is 34.9 Å². The second kappa shape index (κ2) is 11.4. The standard InChI is InChI=1S/C21H17N3O3S3/c22-9-10-29-19-8-4-2-6-17(19)24-20(25)11-27-21(26)16-5-1-3-7-18(16)30-13-15-12-28-14-23-15/h1-8,12,14H,10-11,13H2,(H,24,25). The van der Waals surface area contributed by atoms with Crippen molar-refractivity contribution < 1.29 is 14.3 Å². The van der Waals surface area contributed by atoms with Crippen LogP contribution in [0, 0.1) is 11.3 Å². The molecule has 0 aliphatic heterocycles. The molecule has 3 rings (SSSR count). The van der Waals surface area contributed by atoms with Gasteiger partial charge in [0.1, 0.15) is 0 Å². The molecule has 3 aromatic rings. The van der Waals surface area contributed by atoms with Crippen molar-refractivity contribution in [1.29, 1.82) is 5.26 Å². The number of amides is 1. The molecule has 0 aliphatic carbocycles. The Kier molecular flexibility index (Phi) is 8.32. The van der Waals surface area contributed by atoms with Crippen LogP contribution in [0.4, 0.5) is 5.69 Å². The van der Waals surface area contributed by atoms with Gasteiger partial charge < -0.3 is 10.1 Å². The van der Waals surface area contributed by atoms with Gasteiger partial charge in [-0.15, -0.1) is 34.9 Å². The number of nitrogens with zero attached hydrogens (tertiary/aromatic N) is 2. The number of thioether (sulfide) groups is 2. The fourth-order valence-electron chi connectivity index (χ4n) is 2.42. The molecule has 152 valence electrons. The zero-order valence-corrected chi connectivity index (χ0v) is 18.2. The van der Waals surface area contributed by atoms with Crippen LogP contribution in [0.15, 0.2) is 69.2 Å². The van der Waals surface area contributed by atoms with E-state index in [2.05, 4.69) is 16.4 Å². The van der Waals surface area contributed by atoms with Crippen molar-refractivity contribution in [3.63, 3.8) is 0 Å². The normalized spacial score (nSPS) is 10.2. The second-order valence-electron chi connectivity index (χ2n) is 5.83. The van der Waals surface area contributed by atoms with Crippen molar-refractivity contribution in [2.75, 3.05) is 17.7 Å². The van der Waals surface area contributed by atoms with Gasteiger partial charge in [-0.3, -0.25) is 4.79 Å². The average Bonchev–Trinajstić information content (AvgIpc) is 3.29. The maximum Gasteiger partial charge on any atom is 0.339 e. The van der Waals surface area contributed by atoms with Gasteiger partial charge in [0.15, 0.2) is 6.61 Å². The van der Waals surface area contributed by atoms with Gasteiger partial charge in [0.05, 0.1) is 34.3 Å². The highest BCUT2D eigenvalue weighted by molar-refractivity contribution is 7.99. The summed E-state index contributed by atoms with van der Waals surface area (Å²) in [6.07, 6.45) is 0. The molecule has 1 amide bonds. The van der Waals surface area contributed by atoms with E-state index in [1.807, 2.05) is 29.6 Å². The van der Waals surface area contributed by atoms with Crippen molar-refractivity contribution in [1.82, 2.24) is 4.98 Å². The Balaban J connectivity index is 1.57. The lowest BCUT2D eigenvalue weighted by molar-refractivity contribution is -0.119. The zero-order valence-electron chi connectivity index (χ0n) is 15.7. The first-order valence-corrected chi connectivity index (χ1v) is 11.7. The van der Waals surface area contributed by atoms with Crippen LogP contribution in [0.2, 0.25) is 0 Å². The average molecular weight is 456 g/mol. The van der Waals surface area contributed by atoms with E-state index in [1.54, 1.807) is 29.8 Å². The fourth-order valence-corrected chi connectivity index (χ4v) is 4.70. The van der Waals surface area contributed by atoms with E-state index in [4.69, 9.17) is 10.00 Å². The Hall–Kier alpha value is -2.80. The molecular weight excluding hydrogens is 438 g/mol. The summed E-state index contributed by atoms with van der Waals surface area (Å²) >= 11 is 4.34. The minimum atomic E-state index is -0.557. The van der Waals surface area contributed by atoms with Crippen molar-refractivity contribution in [3.8, 4) is 6.07 Å². The first-order chi connectivity index (χ1) is 14.7. The lowest BCUT2D eigenvalue weighted by atomic mass is 10.2. The van der Waals surface area contributed by atoms with Crippen molar-refractivity contribution in [2.45, 2.75) is 15.5 Å². The smallest absolute Gasteiger partial charge is 0.339 e. The number of anilines is 1. The minimum absolute atomic E-state index is 0.275. The highest BCUT2D eigenvalue weighted by Crippen LogP contribution is 2.28.